The first-order chi connectivity index (χ1) is 14.9. The monoisotopic (exact) mass is 388 g/mol. The number of hydrogen-bond donors (Lipinski definition) is 0. The van der Waals surface area contributed by atoms with Crippen LogP contribution in [0.1, 0.15) is 53.9 Å². The summed E-state index contributed by atoms with van der Waals surface area (Å²) in [7, 11) is 0. The van der Waals surface area contributed by atoms with Gasteiger partial charge in [-0.05, 0) is 64.0 Å². The molecule has 3 aromatic rings. The van der Waals surface area contributed by atoms with E-state index >= 15 is 0 Å². The molecular weight excluding hydrogens is 360 g/mol. The largest absolute Gasteiger partial charge is 0.0723 e. The molecule has 0 aromatic heterocycles. The number of rotatable bonds is 2. The highest BCUT2D eigenvalue weighted by Crippen LogP contribution is 2.56. The summed E-state index contributed by atoms with van der Waals surface area (Å²) in [6, 6.07) is 31.3. The lowest BCUT2D eigenvalue weighted by Crippen LogP contribution is -2.35. The maximum atomic E-state index is 2.64. The maximum Gasteiger partial charge on any atom is 0.00962 e. The highest BCUT2D eigenvalue weighted by Gasteiger charge is 2.43. The zero-order chi connectivity index (χ0) is 19.9. The van der Waals surface area contributed by atoms with Crippen LogP contribution >= 0.6 is 0 Å². The fourth-order valence-corrected chi connectivity index (χ4v) is 6.35. The van der Waals surface area contributed by atoms with Gasteiger partial charge in [-0.3, -0.25) is 0 Å². The lowest BCUT2D eigenvalue weighted by atomic mass is 9.57. The Morgan fingerprint density at radius 1 is 0.600 bits per heavy atom. The lowest BCUT2D eigenvalue weighted by Gasteiger charge is -2.47. The molecule has 0 aliphatic heterocycles. The molecule has 0 spiro atoms. The molecule has 0 N–H and O–H groups in total. The topological polar surface area (TPSA) is 0 Å². The number of benzene rings is 3. The van der Waals surface area contributed by atoms with Crippen molar-refractivity contribution in [2.45, 2.75) is 31.6 Å². The fraction of sp³-hybridized carbons (Fsp3) is 0.267. The quantitative estimate of drug-likeness (QED) is 0.421. The molecule has 0 heterocycles. The summed E-state index contributed by atoms with van der Waals surface area (Å²) >= 11 is 0. The molecule has 6 rings (SSSR count). The van der Waals surface area contributed by atoms with E-state index in [4.69, 9.17) is 0 Å². The molecule has 4 atom stereocenters. The number of fused-ring (bicyclic) bond motifs is 5. The molecule has 3 aromatic carbocycles. The molecule has 0 bridgehead atoms. The molecular formula is C30H28. The van der Waals surface area contributed by atoms with E-state index in [1.54, 1.807) is 5.57 Å². The van der Waals surface area contributed by atoms with Gasteiger partial charge in [-0.1, -0.05) is 110 Å². The van der Waals surface area contributed by atoms with Crippen LogP contribution in [0.3, 0.4) is 0 Å². The molecule has 3 aliphatic rings. The molecule has 3 aliphatic carbocycles. The standard InChI is InChI=1S/C30H28/c1-3-11-21(12-4-1)27-19-29-26-18-10-8-16-24(26)28(22-13-5-2-6-14-22)20-30(29)25-17-9-7-15-23(25)27/h1-7,9,11-15,17,19-20,24,26,29-30H,8,10,16,18H2/t24-,26-,29+,30+/m1/s1. The number of allylic oxidation sites excluding steroid dienone is 3. The van der Waals surface area contributed by atoms with Crippen LogP contribution in [0.4, 0.5) is 0 Å². The Labute approximate surface area is 180 Å². The Hall–Kier alpha value is -2.86. The van der Waals surface area contributed by atoms with Crippen molar-refractivity contribution in [3.63, 3.8) is 0 Å². The van der Waals surface area contributed by atoms with Crippen molar-refractivity contribution >= 4 is 11.1 Å². The van der Waals surface area contributed by atoms with E-state index in [0.29, 0.717) is 17.8 Å². The Bertz CT molecular complexity index is 1100. The summed E-state index contributed by atoms with van der Waals surface area (Å²) in [4.78, 5) is 0. The number of hydrogen-bond acceptors (Lipinski definition) is 0. The van der Waals surface area contributed by atoms with E-state index in [1.165, 1.54) is 53.5 Å². The van der Waals surface area contributed by atoms with Gasteiger partial charge in [0.1, 0.15) is 0 Å². The third-order valence-corrected chi connectivity index (χ3v) is 7.65. The average Bonchev–Trinajstić information content (AvgIpc) is 2.84. The first-order valence-electron chi connectivity index (χ1n) is 11.5. The SMILES string of the molecule is C1=C(c2ccccc2)c2ccccc2[C@@H]2C=C(c3ccccc3)[C@@H]3CCCC[C@H]3[C@H]12. The van der Waals surface area contributed by atoms with Gasteiger partial charge in [0.15, 0.2) is 0 Å². The fourth-order valence-electron chi connectivity index (χ4n) is 6.35. The maximum absolute atomic E-state index is 2.64. The zero-order valence-corrected chi connectivity index (χ0v) is 17.4. The summed E-state index contributed by atoms with van der Waals surface area (Å²) in [6.45, 7) is 0. The summed E-state index contributed by atoms with van der Waals surface area (Å²) in [5.41, 5.74) is 8.77. The third kappa shape index (κ3) is 2.89. The van der Waals surface area contributed by atoms with Crippen LogP contribution in [0.5, 0.6) is 0 Å². The smallest absolute Gasteiger partial charge is 0.00962 e. The molecule has 0 amide bonds. The van der Waals surface area contributed by atoms with E-state index in [-0.39, 0.29) is 0 Å². The van der Waals surface area contributed by atoms with Crippen molar-refractivity contribution in [3.8, 4) is 0 Å². The first-order valence-corrected chi connectivity index (χ1v) is 11.5. The molecule has 148 valence electrons. The second-order valence-corrected chi connectivity index (χ2v) is 9.18. The van der Waals surface area contributed by atoms with Crippen LogP contribution in [-0.2, 0) is 0 Å². The van der Waals surface area contributed by atoms with E-state index in [1.807, 2.05) is 0 Å². The Balaban J connectivity index is 1.55. The predicted octanol–water partition coefficient (Wildman–Crippen LogP) is 7.74. The van der Waals surface area contributed by atoms with Gasteiger partial charge in [0.25, 0.3) is 0 Å². The van der Waals surface area contributed by atoms with Crippen LogP contribution in [0.2, 0.25) is 0 Å². The Morgan fingerprint density at radius 2 is 1.27 bits per heavy atom. The minimum atomic E-state index is 0.489. The van der Waals surface area contributed by atoms with Crippen LogP contribution in [0.15, 0.2) is 97.1 Å². The summed E-state index contributed by atoms with van der Waals surface area (Å²) in [5, 5.41) is 0. The highest BCUT2D eigenvalue weighted by atomic mass is 14.5. The minimum Gasteiger partial charge on any atom is -0.0723 e. The first kappa shape index (κ1) is 18.0. The average molecular weight is 389 g/mol. The molecule has 0 nitrogen and oxygen atoms in total. The summed E-state index contributed by atoms with van der Waals surface area (Å²) < 4.78 is 0. The Kier molecular flexibility index (Phi) is 4.45. The van der Waals surface area contributed by atoms with Gasteiger partial charge >= 0.3 is 0 Å². The van der Waals surface area contributed by atoms with Crippen LogP contribution in [-0.4, -0.2) is 0 Å². The van der Waals surface area contributed by atoms with Gasteiger partial charge in [-0.15, -0.1) is 0 Å². The van der Waals surface area contributed by atoms with Gasteiger partial charge in [0.2, 0.25) is 0 Å². The molecule has 0 radical (unpaired) electrons. The van der Waals surface area contributed by atoms with E-state index in [0.717, 1.165) is 5.92 Å². The predicted molar refractivity (Wildman–Crippen MR) is 126 cm³/mol. The van der Waals surface area contributed by atoms with Gasteiger partial charge in [-0.25, -0.2) is 0 Å². The molecule has 1 fully saturated rings. The van der Waals surface area contributed by atoms with Crippen molar-refractivity contribution in [3.05, 3.63) is 119 Å². The summed E-state index contributed by atoms with van der Waals surface area (Å²) in [5.74, 6) is 2.54. The van der Waals surface area contributed by atoms with Crippen molar-refractivity contribution in [2.24, 2.45) is 17.8 Å². The molecule has 30 heavy (non-hydrogen) atoms. The van der Waals surface area contributed by atoms with E-state index < -0.39 is 0 Å². The molecule has 0 heteroatoms. The van der Waals surface area contributed by atoms with Crippen molar-refractivity contribution in [1.82, 2.24) is 0 Å². The molecule has 0 unspecified atom stereocenters. The minimum absolute atomic E-state index is 0.489. The van der Waals surface area contributed by atoms with Gasteiger partial charge < -0.3 is 0 Å². The van der Waals surface area contributed by atoms with Gasteiger partial charge in [0, 0.05) is 5.92 Å². The van der Waals surface area contributed by atoms with Crippen molar-refractivity contribution < 1.29 is 0 Å². The Morgan fingerprint density at radius 3 is 2.07 bits per heavy atom. The lowest BCUT2D eigenvalue weighted by molar-refractivity contribution is 0.207. The van der Waals surface area contributed by atoms with Crippen molar-refractivity contribution in [1.29, 1.82) is 0 Å². The normalized spacial score (nSPS) is 27.2. The second-order valence-electron chi connectivity index (χ2n) is 9.18. The van der Waals surface area contributed by atoms with Crippen LogP contribution < -0.4 is 0 Å². The van der Waals surface area contributed by atoms with Crippen LogP contribution in [0.25, 0.3) is 11.1 Å². The summed E-state index contributed by atoms with van der Waals surface area (Å²) in [6.07, 6.45) is 10.7. The molecule has 0 saturated heterocycles. The highest BCUT2D eigenvalue weighted by molar-refractivity contribution is 5.85. The van der Waals surface area contributed by atoms with E-state index in [9.17, 15) is 0 Å². The van der Waals surface area contributed by atoms with Crippen LogP contribution in [0, 0.1) is 17.8 Å². The molecule has 1 saturated carbocycles. The van der Waals surface area contributed by atoms with Crippen molar-refractivity contribution in [2.75, 3.05) is 0 Å². The second kappa shape index (κ2) is 7.43. The van der Waals surface area contributed by atoms with Gasteiger partial charge in [-0.2, -0.15) is 0 Å². The zero-order valence-electron chi connectivity index (χ0n) is 17.4. The van der Waals surface area contributed by atoms with E-state index in [2.05, 4.69) is 97.1 Å². The van der Waals surface area contributed by atoms with Gasteiger partial charge in [0.05, 0.1) is 0 Å². The third-order valence-electron chi connectivity index (χ3n) is 7.65.